The number of H-pyrrole nitrogens is 2. The van der Waals surface area contributed by atoms with E-state index in [2.05, 4.69) is 20.2 Å². The number of hydrogen-bond acceptors (Lipinski definition) is 5. The fourth-order valence-electron chi connectivity index (χ4n) is 3.92. The van der Waals surface area contributed by atoms with Crippen LogP contribution in [0.2, 0.25) is 5.02 Å². The molecule has 4 heterocycles. The Morgan fingerprint density at radius 2 is 1.67 bits per heavy atom. The molecule has 6 rings (SSSR count). The third-order valence-electron chi connectivity index (χ3n) is 5.48. The van der Waals surface area contributed by atoms with Crippen LogP contribution in [0.5, 0.6) is 0 Å². The van der Waals surface area contributed by atoms with Crippen molar-refractivity contribution < 1.29 is 0 Å². The van der Waals surface area contributed by atoms with E-state index in [0.717, 1.165) is 16.5 Å². The molecule has 158 valence electrons. The van der Waals surface area contributed by atoms with Gasteiger partial charge in [0.05, 0.1) is 33.2 Å². The van der Waals surface area contributed by atoms with Crippen LogP contribution in [0.3, 0.4) is 0 Å². The largest absolute Gasteiger partial charge is 0.344 e. The maximum absolute atomic E-state index is 13.3. The summed E-state index contributed by atoms with van der Waals surface area (Å²) < 4.78 is 0. The first kappa shape index (κ1) is 19.3. The van der Waals surface area contributed by atoms with Crippen LogP contribution in [-0.2, 0) is 0 Å². The number of halogens is 1. The minimum atomic E-state index is -0.241. The van der Waals surface area contributed by atoms with Crippen LogP contribution in [0.15, 0.2) is 84.0 Å². The first-order valence-corrected chi connectivity index (χ1v) is 10.6. The van der Waals surface area contributed by atoms with Gasteiger partial charge in [0.25, 0.3) is 0 Å². The van der Waals surface area contributed by atoms with Crippen molar-refractivity contribution in [2.45, 2.75) is 0 Å². The molecule has 7 nitrogen and oxygen atoms in total. The molecular weight excluding hydrogens is 436 g/mol. The molecule has 2 aromatic carbocycles. The van der Waals surface area contributed by atoms with Crippen LogP contribution in [0.4, 0.5) is 0 Å². The topological polar surface area (TPSA) is 100 Å². The fraction of sp³-hybridized carbons (Fsp3) is 0. The van der Waals surface area contributed by atoms with E-state index in [4.69, 9.17) is 21.6 Å². The molecule has 8 heteroatoms. The van der Waals surface area contributed by atoms with Crippen molar-refractivity contribution in [1.82, 2.24) is 30.1 Å². The normalized spacial score (nSPS) is 11.3. The SMILES string of the molecule is O=c1c(-c2ccn[nH]2)c[nH]c2nc(-c3ccccc3)c(-c3cc(Cl)c4ncccc4c3)nc12. The van der Waals surface area contributed by atoms with Crippen LogP contribution in [-0.4, -0.2) is 30.1 Å². The van der Waals surface area contributed by atoms with Gasteiger partial charge in [-0.1, -0.05) is 48.0 Å². The second kappa shape index (κ2) is 7.65. The highest BCUT2D eigenvalue weighted by atomic mass is 35.5. The molecular formula is C25H15ClN6O. The summed E-state index contributed by atoms with van der Waals surface area (Å²) in [5.74, 6) is 0. The zero-order chi connectivity index (χ0) is 22.4. The van der Waals surface area contributed by atoms with Gasteiger partial charge in [0, 0.05) is 35.1 Å². The number of aromatic nitrogens is 6. The first-order valence-electron chi connectivity index (χ1n) is 10.2. The van der Waals surface area contributed by atoms with Crippen molar-refractivity contribution in [2.24, 2.45) is 0 Å². The van der Waals surface area contributed by atoms with Gasteiger partial charge in [0.1, 0.15) is 0 Å². The number of aromatic amines is 2. The van der Waals surface area contributed by atoms with Gasteiger partial charge in [0.2, 0.25) is 5.43 Å². The number of rotatable bonds is 3. The van der Waals surface area contributed by atoms with Gasteiger partial charge in [-0.15, -0.1) is 0 Å². The smallest absolute Gasteiger partial charge is 0.218 e. The lowest BCUT2D eigenvalue weighted by Gasteiger charge is -2.12. The van der Waals surface area contributed by atoms with E-state index in [-0.39, 0.29) is 10.9 Å². The van der Waals surface area contributed by atoms with E-state index >= 15 is 0 Å². The summed E-state index contributed by atoms with van der Waals surface area (Å²) in [5.41, 5.74) is 4.98. The van der Waals surface area contributed by atoms with Crippen molar-refractivity contribution in [3.05, 3.63) is 94.5 Å². The number of hydrogen-bond donors (Lipinski definition) is 2. The lowest BCUT2D eigenvalue weighted by atomic mass is 10.0. The summed E-state index contributed by atoms with van der Waals surface area (Å²) in [7, 11) is 0. The van der Waals surface area contributed by atoms with Gasteiger partial charge in [0.15, 0.2) is 11.2 Å². The van der Waals surface area contributed by atoms with Gasteiger partial charge in [-0.05, 0) is 24.3 Å². The van der Waals surface area contributed by atoms with Crippen molar-refractivity contribution in [3.8, 4) is 33.8 Å². The quantitative estimate of drug-likeness (QED) is 0.384. The molecule has 0 aliphatic rings. The monoisotopic (exact) mass is 450 g/mol. The number of nitrogens with zero attached hydrogens (tertiary/aromatic N) is 4. The lowest BCUT2D eigenvalue weighted by molar-refractivity contribution is 1.09. The minimum Gasteiger partial charge on any atom is -0.344 e. The predicted octanol–water partition coefficient (Wildman–Crippen LogP) is 5.24. The molecule has 4 aromatic heterocycles. The maximum atomic E-state index is 13.3. The minimum absolute atomic E-state index is 0.235. The average Bonchev–Trinajstić information content (AvgIpc) is 3.39. The Kier molecular flexibility index (Phi) is 4.48. The zero-order valence-corrected chi connectivity index (χ0v) is 17.8. The Morgan fingerprint density at radius 1 is 0.818 bits per heavy atom. The number of fused-ring (bicyclic) bond motifs is 2. The Labute approximate surface area is 192 Å². The zero-order valence-electron chi connectivity index (χ0n) is 17.1. The van der Waals surface area contributed by atoms with Gasteiger partial charge < -0.3 is 4.98 Å². The van der Waals surface area contributed by atoms with Crippen LogP contribution in [0.25, 0.3) is 55.8 Å². The molecule has 33 heavy (non-hydrogen) atoms. The fourth-order valence-corrected chi connectivity index (χ4v) is 4.19. The summed E-state index contributed by atoms with van der Waals surface area (Å²) >= 11 is 6.56. The van der Waals surface area contributed by atoms with Crippen LogP contribution < -0.4 is 5.43 Å². The van der Waals surface area contributed by atoms with Crippen molar-refractivity contribution in [3.63, 3.8) is 0 Å². The Hall–Kier alpha value is -4.36. The van der Waals surface area contributed by atoms with Gasteiger partial charge in [-0.2, -0.15) is 5.10 Å². The highest BCUT2D eigenvalue weighted by Gasteiger charge is 2.18. The van der Waals surface area contributed by atoms with E-state index in [1.807, 2.05) is 54.6 Å². The van der Waals surface area contributed by atoms with Crippen LogP contribution in [0, 0.1) is 0 Å². The third kappa shape index (κ3) is 3.26. The molecule has 0 aliphatic carbocycles. The molecule has 0 saturated heterocycles. The number of benzene rings is 2. The first-order chi connectivity index (χ1) is 16.2. The van der Waals surface area contributed by atoms with Crippen molar-refractivity contribution in [1.29, 1.82) is 0 Å². The summed E-state index contributed by atoms with van der Waals surface area (Å²) in [6.07, 6.45) is 4.93. The highest BCUT2D eigenvalue weighted by molar-refractivity contribution is 6.35. The molecule has 0 bridgehead atoms. The summed E-state index contributed by atoms with van der Waals surface area (Å²) in [5, 5.41) is 8.15. The second-order valence-electron chi connectivity index (χ2n) is 7.52. The van der Waals surface area contributed by atoms with E-state index in [9.17, 15) is 4.79 Å². The molecule has 0 aliphatic heterocycles. The summed E-state index contributed by atoms with van der Waals surface area (Å²) in [6, 6.07) is 19.0. The number of pyridine rings is 2. The molecule has 0 amide bonds. The van der Waals surface area contributed by atoms with Gasteiger partial charge in [-0.3, -0.25) is 14.9 Å². The van der Waals surface area contributed by atoms with E-state index in [0.29, 0.717) is 38.8 Å². The van der Waals surface area contributed by atoms with Crippen molar-refractivity contribution >= 4 is 33.7 Å². The maximum Gasteiger partial charge on any atom is 0.218 e. The van der Waals surface area contributed by atoms with E-state index in [1.165, 1.54) is 0 Å². The third-order valence-corrected chi connectivity index (χ3v) is 5.77. The summed E-state index contributed by atoms with van der Waals surface area (Å²) in [6.45, 7) is 0. The van der Waals surface area contributed by atoms with Gasteiger partial charge in [-0.25, -0.2) is 9.97 Å². The Balaban J connectivity index is 1.68. The molecule has 0 unspecified atom stereocenters. The molecule has 2 N–H and O–H groups in total. The predicted molar refractivity (Wildman–Crippen MR) is 129 cm³/mol. The molecule has 6 aromatic rings. The van der Waals surface area contributed by atoms with E-state index < -0.39 is 0 Å². The highest BCUT2D eigenvalue weighted by Crippen LogP contribution is 2.34. The van der Waals surface area contributed by atoms with Crippen LogP contribution >= 0.6 is 11.6 Å². The lowest BCUT2D eigenvalue weighted by Crippen LogP contribution is -2.11. The van der Waals surface area contributed by atoms with E-state index in [1.54, 1.807) is 24.7 Å². The Bertz CT molecular complexity index is 1690. The average molecular weight is 451 g/mol. The molecule has 0 atom stereocenters. The molecule has 0 fully saturated rings. The Morgan fingerprint density at radius 3 is 2.48 bits per heavy atom. The molecule has 0 saturated carbocycles. The van der Waals surface area contributed by atoms with Crippen LogP contribution in [0.1, 0.15) is 0 Å². The molecule has 0 spiro atoms. The van der Waals surface area contributed by atoms with Crippen molar-refractivity contribution in [2.75, 3.05) is 0 Å². The standard InChI is InChI=1S/C25H15ClN6O/c26-18-12-16(11-15-7-4-9-27-20(15)18)22-21(14-5-2-1-3-6-14)31-25-23(30-22)24(33)17(13-28-25)19-8-10-29-32-19/h1-13H,(H,29,32)(H,28,31,33). The van der Waals surface area contributed by atoms with Gasteiger partial charge >= 0.3 is 0 Å². The molecule has 0 radical (unpaired) electrons. The summed E-state index contributed by atoms with van der Waals surface area (Å²) in [4.78, 5) is 30.5. The number of nitrogens with one attached hydrogen (secondary N) is 2. The second-order valence-corrected chi connectivity index (χ2v) is 7.93.